The van der Waals surface area contributed by atoms with Gasteiger partial charge in [0.1, 0.15) is 4.88 Å². The van der Waals surface area contributed by atoms with Gasteiger partial charge in [-0.15, -0.1) is 11.3 Å². The minimum atomic E-state index is -0.136. The average Bonchev–Trinajstić information content (AvgIpc) is 2.78. The summed E-state index contributed by atoms with van der Waals surface area (Å²) in [6.45, 7) is 3.37. The van der Waals surface area contributed by atoms with Crippen molar-refractivity contribution in [1.29, 1.82) is 0 Å². The van der Waals surface area contributed by atoms with Crippen LogP contribution in [0.25, 0.3) is 0 Å². The van der Waals surface area contributed by atoms with Gasteiger partial charge < -0.3 is 14.8 Å². The molecule has 0 spiro atoms. The summed E-state index contributed by atoms with van der Waals surface area (Å²) in [5.74, 6) is 1.07. The minimum Gasteiger partial charge on any atom is -0.489 e. The Labute approximate surface area is 137 Å². The molecule has 2 aromatic rings. The number of carbonyl (C=O) groups excluding carboxylic acids is 1. The van der Waals surface area contributed by atoms with Gasteiger partial charge in [-0.05, 0) is 24.6 Å². The fourth-order valence-electron chi connectivity index (χ4n) is 2.17. The standard InChI is InChI=1S/C15H15ClN2O3S/c1-9-14(22-8-18-9)15(19)17-7-10-5-11(16)13-12(6-10)20-3-2-4-21-13/h5-6,8H,2-4,7H2,1H3,(H,17,19). The van der Waals surface area contributed by atoms with Crippen molar-refractivity contribution >= 4 is 28.8 Å². The molecule has 7 heteroatoms. The van der Waals surface area contributed by atoms with Gasteiger partial charge in [0.05, 0.1) is 29.4 Å². The topological polar surface area (TPSA) is 60.5 Å². The number of hydrogen-bond donors (Lipinski definition) is 1. The number of fused-ring (bicyclic) bond motifs is 1. The number of nitrogens with one attached hydrogen (secondary N) is 1. The molecule has 1 aromatic carbocycles. The summed E-state index contributed by atoms with van der Waals surface area (Å²) in [4.78, 5) is 16.8. The SMILES string of the molecule is Cc1ncsc1C(=O)NCc1cc(Cl)c2c(c1)OCCCO2. The Bertz CT molecular complexity index is 702. The number of amides is 1. The van der Waals surface area contributed by atoms with Crippen LogP contribution in [-0.2, 0) is 6.54 Å². The molecule has 0 saturated heterocycles. The van der Waals surface area contributed by atoms with E-state index in [1.807, 2.05) is 13.0 Å². The number of aromatic nitrogens is 1. The number of aryl methyl sites for hydroxylation is 1. The van der Waals surface area contributed by atoms with Crippen LogP contribution in [0.5, 0.6) is 11.5 Å². The molecule has 0 fully saturated rings. The number of thiazole rings is 1. The number of halogens is 1. The molecule has 0 atom stereocenters. The molecule has 1 aliphatic heterocycles. The van der Waals surface area contributed by atoms with Gasteiger partial charge in [-0.3, -0.25) is 4.79 Å². The molecule has 1 amide bonds. The van der Waals surface area contributed by atoms with Crippen molar-refractivity contribution in [2.75, 3.05) is 13.2 Å². The van der Waals surface area contributed by atoms with Crippen LogP contribution in [-0.4, -0.2) is 24.1 Å². The normalized spacial score (nSPS) is 13.5. The van der Waals surface area contributed by atoms with Crippen LogP contribution >= 0.6 is 22.9 Å². The van der Waals surface area contributed by atoms with Gasteiger partial charge in [-0.25, -0.2) is 4.98 Å². The molecule has 0 unspecified atom stereocenters. The second kappa shape index (κ2) is 6.54. The molecule has 3 rings (SSSR count). The Morgan fingerprint density at radius 2 is 2.23 bits per heavy atom. The van der Waals surface area contributed by atoms with Crippen LogP contribution in [0.15, 0.2) is 17.6 Å². The molecule has 0 radical (unpaired) electrons. The largest absolute Gasteiger partial charge is 0.489 e. The zero-order valence-electron chi connectivity index (χ0n) is 12.0. The summed E-state index contributed by atoms with van der Waals surface area (Å²) in [5, 5.41) is 3.37. The maximum atomic E-state index is 12.1. The van der Waals surface area contributed by atoms with Crippen molar-refractivity contribution in [2.24, 2.45) is 0 Å². The first kappa shape index (κ1) is 15.1. The van der Waals surface area contributed by atoms with E-state index in [0.717, 1.165) is 17.7 Å². The van der Waals surface area contributed by atoms with E-state index in [9.17, 15) is 4.79 Å². The van der Waals surface area contributed by atoms with Crippen molar-refractivity contribution in [2.45, 2.75) is 19.9 Å². The first-order valence-corrected chi connectivity index (χ1v) is 8.17. The van der Waals surface area contributed by atoms with Gasteiger partial charge in [-0.2, -0.15) is 0 Å². The van der Waals surface area contributed by atoms with Gasteiger partial charge in [0, 0.05) is 13.0 Å². The monoisotopic (exact) mass is 338 g/mol. The highest BCUT2D eigenvalue weighted by atomic mass is 35.5. The van der Waals surface area contributed by atoms with Gasteiger partial charge in [0.2, 0.25) is 0 Å². The zero-order valence-corrected chi connectivity index (χ0v) is 13.6. The Kier molecular flexibility index (Phi) is 4.49. The summed E-state index contributed by atoms with van der Waals surface area (Å²) < 4.78 is 11.2. The Balaban J connectivity index is 1.73. The van der Waals surface area contributed by atoms with Crippen molar-refractivity contribution in [3.05, 3.63) is 38.8 Å². The lowest BCUT2D eigenvalue weighted by molar-refractivity contribution is 0.0954. The summed E-state index contributed by atoms with van der Waals surface area (Å²) >= 11 is 7.56. The van der Waals surface area contributed by atoms with E-state index in [-0.39, 0.29) is 5.91 Å². The van der Waals surface area contributed by atoms with Crippen LogP contribution in [0.4, 0.5) is 0 Å². The van der Waals surface area contributed by atoms with Crippen molar-refractivity contribution < 1.29 is 14.3 Å². The van der Waals surface area contributed by atoms with E-state index in [2.05, 4.69) is 10.3 Å². The van der Waals surface area contributed by atoms with Gasteiger partial charge in [0.25, 0.3) is 5.91 Å². The molecule has 0 bridgehead atoms. The third-order valence-corrected chi connectivity index (χ3v) is 4.47. The molecule has 2 heterocycles. The number of nitrogens with zero attached hydrogens (tertiary/aromatic N) is 1. The second-order valence-corrected chi connectivity index (χ2v) is 6.17. The first-order chi connectivity index (χ1) is 10.6. The number of carbonyl (C=O) groups is 1. The Morgan fingerprint density at radius 1 is 1.41 bits per heavy atom. The zero-order chi connectivity index (χ0) is 15.5. The first-order valence-electron chi connectivity index (χ1n) is 6.91. The Morgan fingerprint density at radius 3 is 3.00 bits per heavy atom. The van der Waals surface area contributed by atoms with Crippen LogP contribution < -0.4 is 14.8 Å². The lowest BCUT2D eigenvalue weighted by Gasteiger charge is -2.12. The highest BCUT2D eigenvalue weighted by Gasteiger charge is 2.16. The summed E-state index contributed by atoms with van der Waals surface area (Å²) in [5.41, 5.74) is 3.26. The number of rotatable bonds is 3. The van der Waals surface area contributed by atoms with Gasteiger partial charge >= 0.3 is 0 Å². The predicted octanol–water partition coefficient (Wildman–Crippen LogP) is 3.20. The molecular weight excluding hydrogens is 324 g/mol. The molecule has 116 valence electrons. The van der Waals surface area contributed by atoms with E-state index in [1.165, 1.54) is 11.3 Å². The molecule has 0 saturated carbocycles. The van der Waals surface area contributed by atoms with E-state index >= 15 is 0 Å². The Hall–Kier alpha value is -1.79. The highest BCUT2D eigenvalue weighted by Crippen LogP contribution is 2.37. The van der Waals surface area contributed by atoms with Crippen LogP contribution in [0.2, 0.25) is 5.02 Å². The second-order valence-electron chi connectivity index (χ2n) is 4.90. The van der Waals surface area contributed by atoms with E-state index in [0.29, 0.717) is 41.2 Å². The molecule has 5 nitrogen and oxygen atoms in total. The fraction of sp³-hybridized carbons (Fsp3) is 0.333. The molecule has 1 N–H and O–H groups in total. The fourth-order valence-corrected chi connectivity index (χ4v) is 3.18. The number of hydrogen-bond acceptors (Lipinski definition) is 5. The average molecular weight is 339 g/mol. The van der Waals surface area contributed by atoms with E-state index < -0.39 is 0 Å². The lowest BCUT2D eigenvalue weighted by atomic mass is 10.2. The number of ether oxygens (including phenoxy) is 2. The summed E-state index contributed by atoms with van der Waals surface area (Å²) in [6, 6.07) is 3.64. The summed E-state index contributed by atoms with van der Waals surface area (Å²) in [6.07, 6.45) is 0.821. The predicted molar refractivity (Wildman–Crippen MR) is 85.1 cm³/mol. The maximum Gasteiger partial charge on any atom is 0.263 e. The molecule has 0 aliphatic carbocycles. The van der Waals surface area contributed by atoms with Crippen LogP contribution in [0.3, 0.4) is 0 Å². The van der Waals surface area contributed by atoms with E-state index in [4.69, 9.17) is 21.1 Å². The molecule has 22 heavy (non-hydrogen) atoms. The molecule has 1 aliphatic rings. The molecule has 1 aromatic heterocycles. The van der Waals surface area contributed by atoms with Gasteiger partial charge in [0.15, 0.2) is 11.5 Å². The quantitative estimate of drug-likeness (QED) is 0.933. The van der Waals surface area contributed by atoms with Crippen molar-refractivity contribution in [3.63, 3.8) is 0 Å². The van der Waals surface area contributed by atoms with E-state index in [1.54, 1.807) is 11.6 Å². The smallest absolute Gasteiger partial charge is 0.263 e. The third-order valence-electron chi connectivity index (χ3n) is 3.27. The maximum absolute atomic E-state index is 12.1. The molecular formula is C15H15ClN2O3S. The van der Waals surface area contributed by atoms with Crippen LogP contribution in [0, 0.1) is 6.92 Å². The van der Waals surface area contributed by atoms with Crippen molar-refractivity contribution in [1.82, 2.24) is 10.3 Å². The van der Waals surface area contributed by atoms with Crippen molar-refractivity contribution in [3.8, 4) is 11.5 Å². The summed E-state index contributed by atoms with van der Waals surface area (Å²) in [7, 11) is 0. The van der Waals surface area contributed by atoms with Gasteiger partial charge in [-0.1, -0.05) is 11.6 Å². The lowest BCUT2D eigenvalue weighted by Crippen LogP contribution is -2.22. The highest BCUT2D eigenvalue weighted by molar-refractivity contribution is 7.11. The van der Waals surface area contributed by atoms with Crippen LogP contribution in [0.1, 0.15) is 27.3 Å². The minimum absolute atomic E-state index is 0.136. The number of benzene rings is 1. The third kappa shape index (κ3) is 3.18.